The summed E-state index contributed by atoms with van der Waals surface area (Å²) >= 11 is 0. The Bertz CT molecular complexity index is 821. The number of carbonyl (C=O) groups excluding carboxylic acids is 1. The molecule has 0 bridgehead atoms. The summed E-state index contributed by atoms with van der Waals surface area (Å²) in [6, 6.07) is 14.4. The molecule has 0 aromatic heterocycles. The molecule has 0 atom stereocenters. The number of anilines is 1. The van der Waals surface area contributed by atoms with Crippen LogP contribution in [-0.2, 0) is 4.79 Å². The second-order valence-corrected chi connectivity index (χ2v) is 6.15. The molecule has 0 unspecified atom stereocenters. The molecule has 0 saturated heterocycles. The molecule has 2 aromatic carbocycles. The monoisotopic (exact) mass is 350 g/mol. The number of hydrogen-bond acceptors (Lipinski definition) is 4. The average Bonchev–Trinajstić information content (AvgIpc) is 2.64. The van der Waals surface area contributed by atoms with Crippen molar-refractivity contribution in [1.82, 2.24) is 0 Å². The van der Waals surface area contributed by atoms with E-state index in [1.54, 1.807) is 19.1 Å². The molecule has 0 aliphatic rings. The van der Waals surface area contributed by atoms with Gasteiger partial charge < -0.3 is 4.90 Å². The standard InChI is InChI=1S/C21H22N2O3/c1-16(2)21(24)14-15-22(3)19-10-6-17(7-11-19)4-5-18-8-12-20(13-9-18)23(25)26/h4-13H,1,14-15H2,2-3H3/b5-4+. The fraction of sp³-hybridized carbons (Fsp3) is 0.190. The third-order valence-electron chi connectivity index (χ3n) is 4.06. The maximum Gasteiger partial charge on any atom is 0.269 e. The first kappa shape index (κ1) is 19.1. The molecule has 26 heavy (non-hydrogen) atoms. The van der Waals surface area contributed by atoms with Crippen molar-refractivity contribution in [3.63, 3.8) is 0 Å². The molecule has 5 nitrogen and oxygen atoms in total. The van der Waals surface area contributed by atoms with E-state index in [1.165, 1.54) is 12.1 Å². The minimum Gasteiger partial charge on any atom is -0.374 e. The average molecular weight is 350 g/mol. The van der Waals surface area contributed by atoms with Crippen LogP contribution in [0.1, 0.15) is 24.5 Å². The van der Waals surface area contributed by atoms with Crippen molar-refractivity contribution >= 4 is 29.3 Å². The van der Waals surface area contributed by atoms with Gasteiger partial charge in [0.25, 0.3) is 5.69 Å². The summed E-state index contributed by atoms with van der Waals surface area (Å²) in [5, 5.41) is 10.7. The third-order valence-corrected chi connectivity index (χ3v) is 4.06. The lowest BCUT2D eigenvalue weighted by Crippen LogP contribution is -2.21. The number of Topliss-reactive ketones (excluding diaryl/α,β-unsaturated/α-hetero) is 1. The van der Waals surface area contributed by atoms with Crippen molar-refractivity contribution in [2.75, 3.05) is 18.5 Å². The van der Waals surface area contributed by atoms with Crippen molar-refractivity contribution in [3.8, 4) is 0 Å². The number of allylic oxidation sites excluding steroid dienone is 1. The van der Waals surface area contributed by atoms with E-state index >= 15 is 0 Å². The quantitative estimate of drug-likeness (QED) is 0.299. The van der Waals surface area contributed by atoms with Crippen LogP contribution >= 0.6 is 0 Å². The largest absolute Gasteiger partial charge is 0.374 e. The van der Waals surface area contributed by atoms with E-state index in [9.17, 15) is 14.9 Å². The fourth-order valence-electron chi connectivity index (χ4n) is 2.35. The molecule has 2 rings (SSSR count). The fourth-order valence-corrected chi connectivity index (χ4v) is 2.35. The Balaban J connectivity index is 1.97. The maximum absolute atomic E-state index is 11.6. The SMILES string of the molecule is C=C(C)C(=O)CCN(C)c1ccc(/C=C/c2ccc([N+](=O)[O-])cc2)cc1. The van der Waals surface area contributed by atoms with Gasteiger partial charge in [0, 0.05) is 37.8 Å². The van der Waals surface area contributed by atoms with Gasteiger partial charge in [-0.3, -0.25) is 14.9 Å². The number of nitro groups is 1. The van der Waals surface area contributed by atoms with Crippen LogP contribution in [0.5, 0.6) is 0 Å². The Kier molecular flexibility index (Phi) is 6.44. The number of benzene rings is 2. The summed E-state index contributed by atoms with van der Waals surface area (Å²) in [5.41, 5.74) is 3.63. The molecular weight excluding hydrogens is 328 g/mol. The number of carbonyl (C=O) groups is 1. The summed E-state index contributed by atoms with van der Waals surface area (Å²) in [7, 11) is 1.95. The molecule has 134 valence electrons. The van der Waals surface area contributed by atoms with E-state index in [4.69, 9.17) is 0 Å². The Morgan fingerprint density at radius 3 is 2.04 bits per heavy atom. The lowest BCUT2D eigenvalue weighted by Gasteiger charge is -2.19. The predicted octanol–water partition coefficient (Wildman–Crippen LogP) is 4.74. The van der Waals surface area contributed by atoms with E-state index in [0.29, 0.717) is 18.5 Å². The number of non-ortho nitro benzene ring substituents is 1. The van der Waals surface area contributed by atoms with Crippen LogP contribution < -0.4 is 4.90 Å². The van der Waals surface area contributed by atoms with Crippen molar-refractivity contribution in [1.29, 1.82) is 0 Å². The van der Waals surface area contributed by atoms with Gasteiger partial charge >= 0.3 is 0 Å². The summed E-state index contributed by atoms with van der Waals surface area (Å²) in [6.07, 6.45) is 4.32. The highest BCUT2D eigenvalue weighted by molar-refractivity contribution is 5.94. The number of rotatable bonds is 8. The molecule has 0 amide bonds. The third kappa shape index (κ3) is 5.41. The van der Waals surface area contributed by atoms with Gasteiger partial charge in [-0.2, -0.15) is 0 Å². The van der Waals surface area contributed by atoms with Crippen molar-refractivity contribution in [3.05, 3.63) is 81.9 Å². The molecule has 0 saturated carbocycles. The number of hydrogen-bond donors (Lipinski definition) is 0. The first-order chi connectivity index (χ1) is 12.4. The predicted molar refractivity (Wildman–Crippen MR) is 106 cm³/mol. The van der Waals surface area contributed by atoms with E-state index in [-0.39, 0.29) is 11.5 Å². The van der Waals surface area contributed by atoms with Gasteiger partial charge in [-0.1, -0.05) is 30.9 Å². The van der Waals surface area contributed by atoms with Crippen LogP contribution in [0, 0.1) is 10.1 Å². The van der Waals surface area contributed by atoms with Gasteiger partial charge in [0.2, 0.25) is 0 Å². The molecule has 0 radical (unpaired) electrons. The Hall–Kier alpha value is -3.21. The van der Waals surface area contributed by atoms with Crippen LogP contribution in [-0.4, -0.2) is 24.3 Å². The zero-order valence-corrected chi connectivity index (χ0v) is 15.0. The smallest absolute Gasteiger partial charge is 0.269 e. The molecule has 0 N–H and O–H groups in total. The van der Waals surface area contributed by atoms with E-state index in [1.807, 2.05) is 48.4 Å². The summed E-state index contributed by atoms with van der Waals surface area (Å²) in [5.74, 6) is 0.0829. The minimum atomic E-state index is -0.410. The van der Waals surface area contributed by atoms with Gasteiger partial charge in [0.1, 0.15) is 0 Å². The number of ketones is 1. The Morgan fingerprint density at radius 2 is 1.58 bits per heavy atom. The molecular formula is C21H22N2O3. The topological polar surface area (TPSA) is 63.5 Å². The highest BCUT2D eigenvalue weighted by atomic mass is 16.6. The molecule has 5 heteroatoms. The zero-order chi connectivity index (χ0) is 19.1. The van der Waals surface area contributed by atoms with E-state index in [0.717, 1.165) is 16.8 Å². The Labute approximate surface area is 153 Å². The van der Waals surface area contributed by atoms with Gasteiger partial charge in [-0.05, 0) is 47.9 Å². The van der Waals surface area contributed by atoms with Crippen LogP contribution in [0.25, 0.3) is 12.2 Å². The number of nitro benzene ring substituents is 1. The number of nitrogens with zero attached hydrogens (tertiary/aromatic N) is 2. The van der Waals surface area contributed by atoms with Gasteiger partial charge in [0.05, 0.1) is 4.92 Å². The molecule has 0 spiro atoms. The minimum absolute atomic E-state index is 0.0829. The van der Waals surface area contributed by atoms with Crippen molar-refractivity contribution in [2.45, 2.75) is 13.3 Å². The summed E-state index contributed by atoms with van der Waals surface area (Å²) < 4.78 is 0. The lowest BCUT2D eigenvalue weighted by atomic mass is 10.1. The zero-order valence-electron chi connectivity index (χ0n) is 15.0. The summed E-state index contributed by atoms with van der Waals surface area (Å²) in [4.78, 5) is 23.9. The first-order valence-electron chi connectivity index (χ1n) is 8.29. The van der Waals surface area contributed by atoms with Crippen molar-refractivity contribution in [2.24, 2.45) is 0 Å². The second kappa shape index (κ2) is 8.76. The van der Waals surface area contributed by atoms with Gasteiger partial charge in [-0.15, -0.1) is 0 Å². The molecule has 2 aromatic rings. The summed E-state index contributed by atoms with van der Waals surface area (Å²) in [6.45, 7) is 6.04. The molecule has 0 heterocycles. The highest BCUT2D eigenvalue weighted by Gasteiger charge is 2.06. The molecule has 0 fully saturated rings. The van der Waals surface area contributed by atoms with E-state index < -0.39 is 4.92 Å². The maximum atomic E-state index is 11.6. The molecule has 0 aliphatic heterocycles. The Morgan fingerprint density at radius 1 is 1.08 bits per heavy atom. The second-order valence-electron chi connectivity index (χ2n) is 6.15. The van der Waals surface area contributed by atoms with Gasteiger partial charge in [0.15, 0.2) is 5.78 Å². The van der Waals surface area contributed by atoms with Crippen LogP contribution in [0.2, 0.25) is 0 Å². The highest BCUT2D eigenvalue weighted by Crippen LogP contribution is 2.17. The normalized spacial score (nSPS) is 10.7. The van der Waals surface area contributed by atoms with Gasteiger partial charge in [-0.25, -0.2) is 0 Å². The van der Waals surface area contributed by atoms with E-state index in [2.05, 4.69) is 6.58 Å². The molecule has 0 aliphatic carbocycles. The first-order valence-corrected chi connectivity index (χ1v) is 8.29. The lowest BCUT2D eigenvalue weighted by molar-refractivity contribution is -0.384. The van der Waals surface area contributed by atoms with Crippen LogP contribution in [0.3, 0.4) is 0 Å². The van der Waals surface area contributed by atoms with Crippen LogP contribution in [0.4, 0.5) is 11.4 Å². The van der Waals surface area contributed by atoms with Crippen molar-refractivity contribution < 1.29 is 9.72 Å². The van der Waals surface area contributed by atoms with Crippen LogP contribution in [0.15, 0.2) is 60.7 Å².